The summed E-state index contributed by atoms with van der Waals surface area (Å²) in [6.45, 7) is 3.96. The zero-order chi connectivity index (χ0) is 35.5. The third-order valence-corrected chi connectivity index (χ3v) is 10.9. The highest BCUT2D eigenvalue weighted by molar-refractivity contribution is 6.08. The highest BCUT2D eigenvalue weighted by Gasteiger charge is 2.56. The van der Waals surface area contributed by atoms with E-state index in [2.05, 4.69) is 0 Å². The Morgan fingerprint density at radius 2 is 0.660 bits per heavy atom. The first-order chi connectivity index (χ1) is 24.1. The second-order valence-electron chi connectivity index (χ2n) is 13.0. The van der Waals surface area contributed by atoms with Crippen molar-refractivity contribution in [2.45, 2.75) is 36.5 Å². The lowest BCUT2D eigenvalue weighted by atomic mass is 9.53. The number of carbonyl (C=O) groups excluding carboxylic acids is 4. The standard InChI is InChI=1S/2C21H18O4/c2*1-21-14-10-6-4-8-12(14)16(13-9-5-7-11-15(13)21)17(19(22)24-2)18(21)20(23)25-3/h2*4-11,16H,1-3H3. The number of rotatable bonds is 4. The van der Waals surface area contributed by atoms with Crippen LogP contribution in [0, 0.1) is 0 Å². The molecule has 0 heterocycles. The lowest BCUT2D eigenvalue weighted by Gasteiger charge is -2.48. The molecule has 6 aliphatic rings. The van der Waals surface area contributed by atoms with Crippen LogP contribution in [-0.2, 0) is 49.0 Å². The molecule has 10 rings (SSSR count). The summed E-state index contributed by atoms with van der Waals surface area (Å²) in [5.41, 5.74) is 8.31. The third kappa shape index (κ3) is 4.24. The summed E-state index contributed by atoms with van der Waals surface area (Å²) in [5.74, 6) is -2.60. The molecule has 50 heavy (non-hydrogen) atoms. The largest absolute Gasteiger partial charge is 0.466 e. The van der Waals surface area contributed by atoms with Gasteiger partial charge < -0.3 is 18.9 Å². The number of benzene rings is 4. The van der Waals surface area contributed by atoms with Crippen molar-refractivity contribution in [2.75, 3.05) is 28.4 Å². The molecule has 6 aliphatic carbocycles. The highest BCUT2D eigenvalue weighted by Crippen LogP contribution is 2.60. The van der Waals surface area contributed by atoms with E-state index >= 15 is 0 Å². The number of hydrogen-bond acceptors (Lipinski definition) is 8. The molecule has 0 fully saturated rings. The van der Waals surface area contributed by atoms with Gasteiger partial charge in [0.05, 0.1) is 61.6 Å². The summed E-state index contributed by atoms with van der Waals surface area (Å²) in [4.78, 5) is 50.8. The molecule has 0 saturated heterocycles. The molecule has 252 valence electrons. The monoisotopic (exact) mass is 668 g/mol. The first kappa shape index (κ1) is 32.8. The maximum Gasteiger partial charge on any atom is 0.335 e. The average Bonchev–Trinajstić information content (AvgIpc) is 3.16. The van der Waals surface area contributed by atoms with E-state index in [1.54, 1.807) is 0 Å². The van der Waals surface area contributed by atoms with Crippen LogP contribution in [0.2, 0.25) is 0 Å². The molecular formula is C42H36O8. The van der Waals surface area contributed by atoms with E-state index < -0.39 is 34.7 Å². The fraction of sp³-hybridized carbons (Fsp3) is 0.238. The first-order valence-electron chi connectivity index (χ1n) is 16.3. The van der Waals surface area contributed by atoms with Crippen molar-refractivity contribution in [3.8, 4) is 0 Å². The molecule has 0 amide bonds. The molecule has 4 aromatic rings. The lowest BCUT2D eigenvalue weighted by Crippen LogP contribution is -2.45. The molecule has 0 aromatic heterocycles. The van der Waals surface area contributed by atoms with Crippen molar-refractivity contribution in [3.05, 3.63) is 164 Å². The Morgan fingerprint density at radius 1 is 0.420 bits per heavy atom. The van der Waals surface area contributed by atoms with E-state index in [9.17, 15) is 19.2 Å². The summed E-state index contributed by atoms with van der Waals surface area (Å²) in [6.07, 6.45) is 0. The second-order valence-corrected chi connectivity index (χ2v) is 13.0. The van der Waals surface area contributed by atoms with Gasteiger partial charge in [0.2, 0.25) is 0 Å². The average molecular weight is 669 g/mol. The fourth-order valence-corrected chi connectivity index (χ4v) is 8.92. The molecule has 8 heteroatoms. The Kier molecular flexibility index (Phi) is 7.85. The predicted octanol–water partition coefficient (Wildman–Crippen LogP) is 6.19. The topological polar surface area (TPSA) is 105 Å². The van der Waals surface area contributed by atoms with Crippen LogP contribution in [0.1, 0.15) is 70.2 Å². The van der Waals surface area contributed by atoms with Crippen molar-refractivity contribution in [1.82, 2.24) is 0 Å². The number of hydrogen-bond donors (Lipinski definition) is 0. The summed E-state index contributed by atoms with van der Waals surface area (Å²) in [6, 6.07) is 31.8. The van der Waals surface area contributed by atoms with Crippen LogP contribution < -0.4 is 0 Å². The molecule has 4 bridgehead atoms. The fourth-order valence-electron chi connectivity index (χ4n) is 8.92. The minimum Gasteiger partial charge on any atom is -0.466 e. The van der Waals surface area contributed by atoms with Crippen LogP contribution in [0.15, 0.2) is 119 Å². The van der Waals surface area contributed by atoms with Crippen molar-refractivity contribution >= 4 is 23.9 Å². The maximum atomic E-state index is 12.7. The van der Waals surface area contributed by atoms with Gasteiger partial charge in [0.1, 0.15) is 0 Å². The number of methoxy groups -OCH3 is 4. The Balaban J connectivity index is 0.000000157. The Bertz CT molecular complexity index is 1940. The van der Waals surface area contributed by atoms with Crippen LogP contribution in [0.3, 0.4) is 0 Å². The van der Waals surface area contributed by atoms with Crippen LogP contribution >= 0.6 is 0 Å². The molecule has 0 aliphatic heterocycles. The molecular weight excluding hydrogens is 632 g/mol. The number of esters is 4. The van der Waals surface area contributed by atoms with Gasteiger partial charge in [-0.15, -0.1) is 0 Å². The minimum atomic E-state index is -0.751. The Hall–Kier alpha value is -5.76. The smallest absolute Gasteiger partial charge is 0.335 e. The van der Waals surface area contributed by atoms with Crippen molar-refractivity contribution in [2.24, 2.45) is 0 Å². The summed E-state index contributed by atoms with van der Waals surface area (Å²) >= 11 is 0. The van der Waals surface area contributed by atoms with Crippen molar-refractivity contribution in [1.29, 1.82) is 0 Å². The maximum absolute atomic E-state index is 12.7. The summed E-state index contributed by atoms with van der Waals surface area (Å²) in [5, 5.41) is 0. The van der Waals surface area contributed by atoms with Gasteiger partial charge in [-0.3, -0.25) is 0 Å². The molecule has 4 aromatic carbocycles. The summed E-state index contributed by atoms with van der Waals surface area (Å²) in [7, 11) is 5.36. The zero-order valence-corrected chi connectivity index (χ0v) is 28.7. The normalized spacial score (nSPS) is 22.9. The second kappa shape index (κ2) is 12.0. The molecule has 0 spiro atoms. The van der Waals surface area contributed by atoms with Gasteiger partial charge in [-0.05, 0) is 58.4 Å². The lowest BCUT2D eigenvalue weighted by molar-refractivity contribution is -0.140. The quantitative estimate of drug-likeness (QED) is 0.187. The predicted molar refractivity (Wildman–Crippen MR) is 184 cm³/mol. The van der Waals surface area contributed by atoms with E-state index in [1.807, 2.05) is 111 Å². The highest BCUT2D eigenvalue weighted by atomic mass is 16.5. The van der Waals surface area contributed by atoms with Crippen molar-refractivity contribution in [3.63, 3.8) is 0 Å². The molecule has 0 N–H and O–H groups in total. The number of carbonyl (C=O) groups is 4. The van der Waals surface area contributed by atoms with Gasteiger partial charge in [-0.1, -0.05) is 97.1 Å². The SMILES string of the molecule is COC(=O)C1=C(C(=O)OC)C2(C)c3ccccc3C1c1ccccc12.COC(=O)C1=C(C(=O)OC)C2(C)c3ccccc3C1c1ccccc12. The van der Waals surface area contributed by atoms with Crippen LogP contribution in [0.25, 0.3) is 0 Å². The Morgan fingerprint density at radius 3 is 0.900 bits per heavy atom. The molecule has 8 nitrogen and oxygen atoms in total. The van der Waals surface area contributed by atoms with Crippen molar-refractivity contribution < 1.29 is 38.1 Å². The minimum absolute atomic E-state index is 0.323. The molecule has 0 atom stereocenters. The van der Waals surface area contributed by atoms with E-state index in [0.29, 0.717) is 22.3 Å². The van der Waals surface area contributed by atoms with E-state index in [-0.39, 0.29) is 11.8 Å². The Labute approximate surface area is 290 Å². The summed E-state index contributed by atoms with van der Waals surface area (Å²) < 4.78 is 20.2. The van der Waals surface area contributed by atoms with Gasteiger partial charge in [0.25, 0.3) is 0 Å². The van der Waals surface area contributed by atoms with Crippen LogP contribution in [0.5, 0.6) is 0 Å². The van der Waals surface area contributed by atoms with Gasteiger partial charge in [0, 0.05) is 11.8 Å². The molecule has 0 radical (unpaired) electrons. The van der Waals surface area contributed by atoms with Gasteiger partial charge in [0.15, 0.2) is 0 Å². The molecule has 0 saturated carbocycles. The number of ether oxygens (including phenoxy) is 4. The van der Waals surface area contributed by atoms with Crippen LogP contribution in [-0.4, -0.2) is 52.3 Å². The molecule has 0 unspecified atom stereocenters. The van der Waals surface area contributed by atoms with Gasteiger partial charge in [-0.2, -0.15) is 0 Å². The van der Waals surface area contributed by atoms with Crippen LogP contribution in [0.4, 0.5) is 0 Å². The first-order valence-corrected chi connectivity index (χ1v) is 16.3. The van der Waals surface area contributed by atoms with E-state index in [0.717, 1.165) is 44.5 Å². The zero-order valence-electron chi connectivity index (χ0n) is 28.7. The van der Waals surface area contributed by atoms with E-state index in [1.165, 1.54) is 28.4 Å². The van der Waals surface area contributed by atoms with E-state index in [4.69, 9.17) is 18.9 Å². The van der Waals surface area contributed by atoms with Gasteiger partial charge in [-0.25, -0.2) is 19.2 Å². The van der Waals surface area contributed by atoms with Gasteiger partial charge >= 0.3 is 23.9 Å². The third-order valence-electron chi connectivity index (χ3n) is 10.9.